The van der Waals surface area contributed by atoms with Crippen LogP contribution < -0.4 is 0 Å². The zero-order chi connectivity index (χ0) is 13.7. The van der Waals surface area contributed by atoms with Crippen LogP contribution in [0.25, 0.3) is 0 Å². The monoisotopic (exact) mass is 292 g/mol. The molecule has 0 aromatic rings. The Morgan fingerprint density at radius 3 is 1.83 bits per heavy atom. The molecule has 1 fully saturated rings. The number of thioether (sulfide) groups is 2. The van der Waals surface area contributed by atoms with E-state index in [1.54, 1.807) is 0 Å². The normalized spacial score (nSPS) is 18.1. The average Bonchev–Trinajstić information content (AvgIpc) is 2.86. The molecule has 1 rings (SSSR count). The van der Waals surface area contributed by atoms with Crippen LogP contribution in [0, 0.1) is 17.8 Å². The first kappa shape index (κ1) is 15.7. The molecule has 0 amide bonds. The van der Waals surface area contributed by atoms with Crippen molar-refractivity contribution in [3.8, 4) is 0 Å². The lowest BCUT2D eigenvalue weighted by molar-refractivity contribution is -0.162. The first-order valence-corrected chi connectivity index (χ1v) is 8.01. The average molecular weight is 292 g/mol. The van der Waals surface area contributed by atoms with Crippen molar-refractivity contribution in [1.29, 1.82) is 0 Å². The quantitative estimate of drug-likeness (QED) is 0.571. The SMILES string of the molecule is COC(=O)C(C(=O)OC)[C@@H](C(C)C)C1SCCS1. The number of ether oxygens (including phenoxy) is 2. The summed E-state index contributed by atoms with van der Waals surface area (Å²) in [7, 11) is 2.62. The Labute approximate surface area is 117 Å². The highest BCUT2D eigenvalue weighted by Gasteiger charge is 2.44. The maximum absolute atomic E-state index is 11.9. The van der Waals surface area contributed by atoms with Gasteiger partial charge in [0.25, 0.3) is 0 Å². The molecule has 0 N–H and O–H groups in total. The summed E-state index contributed by atoms with van der Waals surface area (Å²) >= 11 is 3.62. The van der Waals surface area contributed by atoms with Crippen LogP contribution in [0.1, 0.15) is 13.8 Å². The zero-order valence-electron chi connectivity index (χ0n) is 11.2. The second-order valence-electron chi connectivity index (χ2n) is 4.46. The number of hydrogen-bond acceptors (Lipinski definition) is 6. The third kappa shape index (κ3) is 3.57. The second kappa shape index (κ2) is 7.28. The van der Waals surface area contributed by atoms with Crippen LogP contribution in [0.4, 0.5) is 0 Å². The van der Waals surface area contributed by atoms with Gasteiger partial charge < -0.3 is 9.47 Å². The molecule has 1 heterocycles. The summed E-state index contributed by atoms with van der Waals surface area (Å²) in [5.74, 6) is 0.491. The van der Waals surface area contributed by atoms with Crippen LogP contribution in [0.3, 0.4) is 0 Å². The van der Waals surface area contributed by atoms with Crippen molar-refractivity contribution in [2.45, 2.75) is 18.4 Å². The third-order valence-corrected chi connectivity index (χ3v) is 6.27. The fourth-order valence-corrected chi connectivity index (χ4v) is 5.70. The van der Waals surface area contributed by atoms with E-state index in [0.29, 0.717) is 0 Å². The molecule has 18 heavy (non-hydrogen) atoms. The molecule has 1 saturated heterocycles. The van der Waals surface area contributed by atoms with E-state index in [9.17, 15) is 9.59 Å². The van der Waals surface area contributed by atoms with Gasteiger partial charge in [0.2, 0.25) is 0 Å². The highest BCUT2D eigenvalue weighted by molar-refractivity contribution is 8.20. The second-order valence-corrected chi connectivity index (χ2v) is 7.25. The van der Waals surface area contributed by atoms with Crippen LogP contribution in [0.2, 0.25) is 0 Å². The number of hydrogen-bond donors (Lipinski definition) is 0. The molecule has 0 saturated carbocycles. The molecule has 1 aliphatic rings. The predicted molar refractivity (Wildman–Crippen MR) is 74.6 cm³/mol. The van der Waals surface area contributed by atoms with E-state index >= 15 is 0 Å². The van der Waals surface area contributed by atoms with E-state index in [4.69, 9.17) is 9.47 Å². The van der Waals surface area contributed by atoms with Crippen LogP contribution in [-0.4, -0.2) is 42.2 Å². The summed E-state index contributed by atoms with van der Waals surface area (Å²) in [4.78, 5) is 23.7. The molecular weight excluding hydrogens is 272 g/mol. The van der Waals surface area contributed by atoms with Crippen molar-refractivity contribution in [3.05, 3.63) is 0 Å². The van der Waals surface area contributed by atoms with Crippen molar-refractivity contribution in [2.75, 3.05) is 25.7 Å². The lowest BCUT2D eigenvalue weighted by atomic mass is 9.84. The lowest BCUT2D eigenvalue weighted by Gasteiger charge is -2.30. The summed E-state index contributed by atoms with van der Waals surface area (Å²) in [6.07, 6.45) is 0. The van der Waals surface area contributed by atoms with E-state index in [-0.39, 0.29) is 16.4 Å². The summed E-state index contributed by atoms with van der Waals surface area (Å²) in [5.41, 5.74) is 0. The first-order valence-electron chi connectivity index (χ1n) is 5.91. The Balaban J connectivity index is 2.96. The van der Waals surface area contributed by atoms with Gasteiger partial charge in [0.05, 0.1) is 18.8 Å². The molecule has 1 atom stereocenters. The highest BCUT2D eigenvalue weighted by atomic mass is 32.2. The summed E-state index contributed by atoms with van der Waals surface area (Å²) in [6, 6.07) is 0. The third-order valence-electron chi connectivity index (χ3n) is 3.03. The number of esters is 2. The number of methoxy groups -OCH3 is 2. The molecule has 0 radical (unpaired) electrons. The van der Waals surface area contributed by atoms with Gasteiger partial charge in [-0.15, -0.1) is 23.5 Å². The molecule has 104 valence electrons. The van der Waals surface area contributed by atoms with Gasteiger partial charge in [0, 0.05) is 17.4 Å². The fraction of sp³-hybridized carbons (Fsp3) is 0.833. The minimum Gasteiger partial charge on any atom is -0.468 e. The standard InChI is InChI=1S/C12H20O4S2/c1-7(2)8(12-17-5-6-18-12)9(10(13)15-3)11(14)16-4/h7-9,12H,5-6H2,1-4H3/t8-/m1/s1. The van der Waals surface area contributed by atoms with Crippen molar-refractivity contribution in [2.24, 2.45) is 17.8 Å². The Morgan fingerprint density at radius 1 is 1.06 bits per heavy atom. The molecule has 0 aromatic carbocycles. The highest BCUT2D eigenvalue weighted by Crippen LogP contribution is 2.44. The first-order chi connectivity index (χ1) is 8.52. The van der Waals surface area contributed by atoms with Gasteiger partial charge in [-0.1, -0.05) is 13.8 Å². The van der Waals surface area contributed by atoms with Gasteiger partial charge in [-0.05, 0) is 5.92 Å². The minimum atomic E-state index is -0.817. The van der Waals surface area contributed by atoms with Gasteiger partial charge in [0.15, 0.2) is 5.92 Å². The van der Waals surface area contributed by atoms with Crippen molar-refractivity contribution in [1.82, 2.24) is 0 Å². The van der Waals surface area contributed by atoms with E-state index in [0.717, 1.165) is 11.5 Å². The van der Waals surface area contributed by atoms with Crippen LogP contribution >= 0.6 is 23.5 Å². The van der Waals surface area contributed by atoms with Crippen molar-refractivity contribution >= 4 is 35.5 Å². The molecule has 0 bridgehead atoms. The molecule has 0 unspecified atom stereocenters. The maximum atomic E-state index is 11.9. The Bertz CT molecular complexity index is 284. The Hall–Kier alpha value is -0.360. The van der Waals surface area contributed by atoms with Crippen molar-refractivity contribution in [3.63, 3.8) is 0 Å². The molecule has 4 nitrogen and oxygen atoms in total. The topological polar surface area (TPSA) is 52.6 Å². The number of carbonyl (C=O) groups excluding carboxylic acids is 2. The Morgan fingerprint density at radius 2 is 1.50 bits per heavy atom. The summed E-state index contributed by atoms with van der Waals surface area (Å²) in [5, 5.41) is 0. The molecule has 1 aliphatic heterocycles. The van der Waals surface area contributed by atoms with Gasteiger partial charge >= 0.3 is 11.9 Å². The molecule has 0 aromatic heterocycles. The van der Waals surface area contributed by atoms with Crippen LogP contribution in [0.15, 0.2) is 0 Å². The largest absolute Gasteiger partial charge is 0.468 e. The predicted octanol–water partition coefficient (Wildman–Crippen LogP) is 2.03. The fourth-order valence-electron chi connectivity index (χ4n) is 2.12. The van der Waals surface area contributed by atoms with E-state index in [2.05, 4.69) is 0 Å². The number of rotatable bonds is 5. The zero-order valence-corrected chi connectivity index (χ0v) is 12.8. The van der Waals surface area contributed by atoms with Crippen molar-refractivity contribution < 1.29 is 19.1 Å². The summed E-state index contributed by atoms with van der Waals surface area (Å²) in [6.45, 7) is 4.06. The van der Waals surface area contributed by atoms with Crippen LogP contribution in [-0.2, 0) is 19.1 Å². The number of carbonyl (C=O) groups is 2. The summed E-state index contributed by atoms with van der Waals surface area (Å²) < 4.78 is 9.79. The molecule has 0 spiro atoms. The van der Waals surface area contributed by atoms with Gasteiger partial charge in [-0.2, -0.15) is 0 Å². The van der Waals surface area contributed by atoms with Crippen LogP contribution in [0.5, 0.6) is 0 Å². The van der Waals surface area contributed by atoms with E-state index < -0.39 is 17.9 Å². The van der Waals surface area contributed by atoms with Gasteiger partial charge in [-0.3, -0.25) is 9.59 Å². The molecule has 0 aliphatic carbocycles. The molecular formula is C12H20O4S2. The van der Waals surface area contributed by atoms with Gasteiger partial charge in [0.1, 0.15) is 0 Å². The maximum Gasteiger partial charge on any atom is 0.320 e. The lowest BCUT2D eigenvalue weighted by Crippen LogP contribution is -2.39. The molecule has 6 heteroatoms. The smallest absolute Gasteiger partial charge is 0.320 e. The van der Waals surface area contributed by atoms with E-state index in [1.807, 2.05) is 37.4 Å². The minimum absolute atomic E-state index is 0.0533. The Kier molecular flexibility index (Phi) is 6.35. The van der Waals surface area contributed by atoms with E-state index in [1.165, 1.54) is 14.2 Å². The van der Waals surface area contributed by atoms with Gasteiger partial charge in [-0.25, -0.2) is 0 Å².